The van der Waals surface area contributed by atoms with Crippen molar-refractivity contribution < 1.29 is 14.3 Å². The van der Waals surface area contributed by atoms with Gasteiger partial charge in [0.2, 0.25) is 0 Å². The molecule has 2 aromatic carbocycles. The Balaban J connectivity index is 1.64. The van der Waals surface area contributed by atoms with E-state index in [2.05, 4.69) is 25.7 Å². The molecule has 0 aromatic heterocycles. The van der Waals surface area contributed by atoms with E-state index in [1.54, 1.807) is 6.07 Å². The molecule has 1 amide bonds. The lowest BCUT2D eigenvalue weighted by molar-refractivity contribution is -0.148. The van der Waals surface area contributed by atoms with Crippen LogP contribution >= 0.6 is 11.6 Å². The fourth-order valence-corrected chi connectivity index (χ4v) is 4.53. The standard InChI is InChI=1S/C26H34ClN3O3/c1-5-28(19(2)3)18-20-10-12-21(13-11-20)25(31)30-16-14-29(15-17-30)24(26(32)33-4)22-8-6-7-9-23(22)27/h6-13,19,24H,5,14-18H2,1-4H3. The molecule has 0 radical (unpaired) electrons. The van der Waals surface area contributed by atoms with Crippen LogP contribution in [-0.4, -0.2) is 72.5 Å². The lowest BCUT2D eigenvalue weighted by Crippen LogP contribution is -2.51. The number of hydrogen-bond donors (Lipinski definition) is 0. The number of methoxy groups -OCH3 is 1. The van der Waals surface area contributed by atoms with Crippen LogP contribution in [0, 0.1) is 0 Å². The number of benzene rings is 2. The first-order chi connectivity index (χ1) is 15.8. The van der Waals surface area contributed by atoms with Gasteiger partial charge in [-0.05, 0) is 49.7 Å². The van der Waals surface area contributed by atoms with Crippen molar-refractivity contribution in [2.24, 2.45) is 0 Å². The highest BCUT2D eigenvalue weighted by Crippen LogP contribution is 2.29. The molecule has 6 nitrogen and oxygen atoms in total. The third kappa shape index (κ3) is 6.14. The minimum absolute atomic E-state index is 0.0183. The lowest BCUT2D eigenvalue weighted by atomic mass is 10.0. The minimum Gasteiger partial charge on any atom is -0.468 e. The molecule has 1 atom stereocenters. The Bertz CT molecular complexity index is 940. The predicted octanol–water partition coefficient (Wildman–Crippen LogP) is 4.24. The van der Waals surface area contributed by atoms with Gasteiger partial charge in [-0.1, -0.05) is 48.9 Å². The van der Waals surface area contributed by atoms with E-state index in [0.717, 1.165) is 18.7 Å². The molecule has 1 saturated heterocycles. The van der Waals surface area contributed by atoms with Crippen LogP contribution in [0.3, 0.4) is 0 Å². The maximum absolute atomic E-state index is 13.1. The second kappa shape index (κ2) is 11.6. The number of amides is 1. The molecule has 178 valence electrons. The molecule has 0 spiro atoms. The second-order valence-corrected chi connectivity index (χ2v) is 9.04. The lowest BCUT2D eigenvalue weighted by Gasteiger charge is -2.38. The Morgan fingerprint density at radius 1 is 1.03 bits per heavy atom. The highest BCUT2D eigenvalue weighted by molar-refractivity contribution is 6.31. The topological polar surface area (TPSA) is 53.1 Å². The predicted molar refractivity (Wildman–Crippen MR) is 131 cm³/mol. The van der Waals surface area contributed by atoms with Crippen LogP contribution in [0.4, 0.5) is 0 Å². The molecule has 0 saturated carbocycles. The van der Waals surface area contributed by atoms with E-state index in [1.165, 1.54) is 12.7 Å². The third-order valence-corrected chi connectivity index (χ3v) is 6.66. The molecular weight excluding hydrogens is 438 g/mol. The Morgan fingerprint density at radius 2 is 1.67 bits per heavy atom. The summed E-state index contributed by atoms with van der Waals surface area (Å²) in [6.07, 6.45) is 0. The maximum Gasteiger partial charge on any atom is 0.327 e. The Kier molecular flexibility index (Phi) is 8.89. The monoisotopic (exact) mass is 471 g/mol. The number of carbonyl (C=O) groups excluding carboxylic acids is 2. The van der Waals surface area contributed by atoms with Gasteiger partial charge in [0.25, 0.3) is 5.91 Å². The molecule has 1 fully saturated rings. The van der Waals surface area contributed by atoms with Crippen molar-refractivity contribution in [1.82, 2.24) is 14.7 Å². The van der Waals surface area contributed by atoms with E-state index in [9.17, 15) is 9.59 Å². The van der Waals surface area contributed by atoms with Gasteiger partial charge in [-0.15, -0.1) is 0 Å². The van der Waals surface area contributed by atoms with Crippen LogP contribution in [0.15, 0.2) is 48.5 Å². The van der Waals surface area contributed by atoms with Crippen molar-refractivity contribution in [3.63, 3.8) is 0 Å². The van der Waals surface area contributed by atoms with Crippen LogP contribution < -0.4 is 0 Å². The highest BCUT2D eigenvalue weighted by atomic mass is 35.5. The molecule has 1 aliphatic heterocycles. The summed E-state index contributed by atoms with van der Waals surface area (Å²) < 4.78 is 5.06. The number of rotatable bonds is 8. The molecule has 0 bridgehead atoms. The molecule has 2 aromatic rings. The summed E-state index contributed by atoms with van der Waals surface area (Å²) in [5.74, 6) is -0.328. The SMILES string of the molecule is CCN(Cc1ccc(C(=O)N2CCN(C(C(=O)OC)c3ccccc3Cl)CC2)cc1)C(C)C. The van der Waals surface area contributed by atoms with E-state index in [1.807, 2.05) is 52.3 Å². The molecule has 33 heavy (non-hydrogen) atoms. The number of halogens is 1. The van der Waals surface area contributed by atoms with Crippen LogP contribution in [0.1, 0.15) is 48.3 Å². The van der Waals surface area contributed by atoms with Gasteiger partial charge < -0.3 is 9.64 Å². The van der Waals surface area contributed by atoms with Gasteiger partial charge in [0, 0.05) is 49.4 Å². The second-order valence-electron chi connectivity index (χ2n) is 8.63. The fourth-order valence-electron chi connectivity index (χ4n) is 4.29. The summed E-state index contributed by atoms with van der Waals surface area (Å²) in [7, 11) is 1.39. The number of nitrogens with zero attached hydrogens (tertiary/aromatic N) is 3. The molecule has 0 N–H and O–H groups in total. The van der Waals surface area contributed by atoms with Crippen molar-refractivity contribution in [2.45, 2.75) is 39.4 Å². The first kappa shape index (κ1) is 25.2. The van der Waals surface area contributed by atoms with Crippen molar-refractivity contribution >= 4 is 23.5 Å². The van der Waals surface area contributed by atoms with Crippen LogP contribution in [0.5, 0.6) is 0 Å². The fraction of sp³-hybridized carbons (Fsp3) is 0.462. The number of piperazine rings is 1. The summed E-state index contributed by atoms with van der Waals surface area (Å²) >= 11 is 6.37. The zero-order valence-electron chi connectivity index (χ0n) is 20.0. The van der Waals surface area contributed by atoms with Gasteiger partial charge in [-0.3, -0.25) is 14.6 Å². The maximum atomic E-state index is 13.1. The average Bonchev–Trinajstić information content (AvgIpc) is 2.84. The minimum atomic E-state index is -0.581. The van der Waals surface area contributed by atoms with Crippen LogP contribution in [-0.2, 0) is 16.1 Å². The van der Waals surface area contributed by atoms with Gasteiger partial charge >= 0.3 is 5.97 Å². The van der Waals surface area contributed by atoms with Gasteiger partial charge in [-0.25, -0.2) is 4.79 Å². The van der Waals surface area contributed by atoms with Crippen molar-refractivity contribution in [3.05, 3.63) is 70.2 Å². The molecule has 1 aliphatic rings. The van der Waals surface area contributed by atoms with Crippen LogP contribution in [0.2, 0.25) is 5.02 Å². The van der Waals surface area contributed by atoms with Crippen molar-refractivity contribution in [2.75, 3.05) is 39.8 Å². The van der Waals surface area contributed by atoms with E-state index < -0.39 is 6.04 Å². The zero-order valence-corrected chi connectivity index (χ0v) is 20.7. The molecule has 1 heterocycles. The molecule has 3 rings (SSSR count). The molecule has 7 heteroatoms. The number of esters is 1. The summed E-state index contributed by atoms with van der Waals surface area (Å²) in [5, 5.41) is 0.533. The molecule has 1 unspecified atom stereocenters. The number of hydrogen-bond acceptors (Lipinski definition) is 5. The quantitative estimate of drug-likeness (QED) is 0.539. The number of ether oxygens (including phenoxy) is 1. The largest absolute Gasteiger partial charge is 0.468 e. The molecular formula is C26H34ClN3O3. The third-order valence-electron chi connectivity index (χ3n) is 6.31. The van der Waals surface area contributed by atoms with Crippen molar-refractivity contribution in [3.8, 4) is 0 Å². The zero-order chi connectivity index (χ0) is 24.0. The summed E-state index contributed by atoms with van der Waals surface area (Å²) in [6.45, 7) is 10.6. The van der Waals surface area contributed by atoms with Crippen LogP contribution in [0.25, 0.3) is 0 Å². The van der Waals surface area contributed by atoms with E-state index >= 15 is 0 Å². The smallest absolute Gasteiger partial charge is 0.327 e. The normalized spacial score (nSPS) is 15.7. The summed E-state index contributed by atoms with van der Waals surface area (Å²) in [4.78, 5) is 31.9. The Hall–Kier alpha value is -2.41. The Morgan fingerprint density at radius 3 is 2.21 bits per heavy atom. The van der Waals surface area contributed by atoms with Gasteiger partial charge in [0.05, 0.1) is 7.11 Å². The number of carbonyl (C=O) groups is 2. The average molecular weight is 472 g/mol. The van der Waals surface area contributed by atoms with E-state index in [4.69, 9.17) is 16.3 Å². The first-order valence-corrected chi connectivity index (χ1v) is 11.9. The summed E-state index contributed by atoms with van der Waals surface area (Å²) in [5.41, 5.74) is 2.62. The van der Waals surface area contributed by atoms with Gasteiger partial charge in [-0.2, -0.15) is 0 Å². The van der Waals surface area contributed by atoms with E-state index in [0.29, 0.717) is 42.8 Å². The van der Waals surface area contributed by atoms with Gasteiger partial charge in [0.15, 0.2) is 0 Å². The Labute approximate surface area is 202 Å². The summed E-state index contributed by atoms with van der Waals surface area (Å²) in [6, 6.07) is 15.1. The van der Waals surface area contributed by atoms with Gasteiger partial charge in [0.1, 0.15) is 6.04 Å². The highest BCUT2D eigenvalue weighted by Gasteiger charge is 2.33. The first-order valence-electron chi connectivity index (χ1n) is 11.5. The van der Waals surface area contributed by atoms with E-state index in [-0.39, 0.29) is 11.9 Å². The van der Waals surface area contributed by atoms with Crippen molar-refractivity contribution in [1.29, 1.82) is 0 Å². The molecule has 0 aliphatic carbocycles.